The molecule has 4 fully saturated rings. The van der Waals surface area contributed by atoms with E-state index >= 15 is 0 Å². The molecule has 0 aromatic rings. The molecule has 0 spiro atoms. The highest BCUT2D eigenvalue weighted by atomic mass is 16.5. The Labute approximate surface area is 193 Å². The van der Waals surface area contributed by atoms with Crippen molar-refractivity contribution in [2.24, 2.45) is 35.3 Å². The second-order valence-corrected chi connectivity index (χ2v) is 10.4. The standard InChI is InChI=1S/C25H43N3O4/c1-5-32-21-7-6-15(10-22(21)29-2)17-12-20-18-13-24(31-4)23(30-3)11-16(18)8-9-28(20)25(27)19(17)14-26/h15-25H,5-13,27H2,1-4H3. The maximum absolute atomic E-state index is 10.1. The van der Waals surface area contributed by atoms with Crippen molar-refractivity contribution in [2.45, 2.75) is 88.5 Å². The number of methoxy groups -OCH3 is 3. The fourth-order valence-corrected chi connectivity index (χ4v) is 7.66. The number of ether oxygens (including phenoxy) is 4. The SMILES string of the molecule is CCOC1CCC(C2CC3C4CC(OC)C(OC)CC4CCN3C(N)C2C#N)CC1OC. The molecular weight excluding hydrogens is 406 g/mol. The summed E-state index contributed by atoms with van der Waals surface area (Å²) in [5.41, 5.74) is 6.82. The van der Waals surface area contributed by atoms with Crippen LogP contribution in [0.2, 0.25) is 0 Å². The number of rotatable bonds is 6. The van der Waals surface area contributed by atoms with Gasteiger partial charge in [-0.15, -0.1) is 0 Å². The Hall–Kier alpha value is -0.750. The zero-order valence-corrected chi connectivity index (χ0v) is 20.3. The second kappa shape index (κ2) is 10.7. The van der Waals surface area contributed by atoms with Crippen molar-refractivity contribution in [2.75, 3.05) is 34.5 Å². The van der Waals surface area contributed by atoms with E-state index in [0.29, 0.717) is 36.3 Å². The quantitative estimate of drug-likeness (QED) is 0.667. The summed E-state index contributed by atoms with van der Waals surface area (Å²) >= 11 is 0. The number of piperidine rings is 2. The Balaban J connectivity index is 1.53. The van der Waals surface area contributed by atoms with E-state index in [1.165, 1.54) is 0 Å². The van der Waals surface area contributed by atoms with Crippen LogP contribution < -0.4 is 5.73 Å². The maximum atomic E-state index is 10.1. The molecule has 182 valence electrons. The fraction of sp³-hybridized carbons (Fsp3) is 0.960. The van der Waals surface area contributed by atoms with Crippen LogP contribution in [0.5, 0.6) is 0 Å². The van der Waals surface area contributed by atoms with E-state index in [-0.39, 0.29) is 36.5 Å². The van der Waals surface area contributed by atoms with Crippen LogP contribution >= 0.6 is 0 Å². The van der Waals surface area contributed by atoms with Crippen LogP contribution in [-0.2, 0) is 18.9 Å². The van der Waals surface area contributed by atoms with E-state index < -0.39 is 0 Å². The molecule has 11 atom stereocenters. The smallest absolute Gasteiger partial charge is 0.0836 e. The van der Waals surface area contributed by atoms with Gasteiger partial charge in [0.05, 0.1) is 42.6 Å². The Kier molecular flexibility index (Phi) is 8.13. The minimum atomic E-state index is -0.184. The molecule has 2 aliphatic carbocycles. The summed E-state index contributed by atoms with van der Waals surface area (Å²) in [5.74, 6) is 1.87. The summed E-state index contributed by atoms with van der Waals surface area (Å²) < 4.78 is 23.4. The van der Waals surface area contributed by atoms with Gasteiger partial charge in [-0.25, -0.2) is 0 Å². The minimum Gasteiger partial charge on any atom is -0.379 e. The van der Waals surface area contributed by atoms with Crippen molar-refractivity contribution < 1.29 is 18.9 Å². The molecule has 32 heavy (non-hydrogen) atoms. The van der Waals surface area contributed by atoms with Crippen LogP contribution in [0.3, 0.4) is 0 Å². The number of nitrogens with zero attached hydrogens (tertiary/aromatic N) is 2. The van der Waals surface area contributed by atoms with Gasteiger partial charge < -0.3 is 24.7 Å². The third-order valence-electron chi connectivity index (χ3n) is 9.28. The van der Waals surface area contributed by atoms with Crippen molar-refractivity contribution in [3.05, 3.63) is 0 Å². The fourth-order valence-electron chi connectivity index (χ4n) is 7.66. The third kappa shape index (κ3) is 4.47. The topological polar surface area (TPSA) is 90.0 Å². The van der Waals surface area contributed by atoms with Crippen molar-refractivity contribution in [3.63, 3.8) is 0 Å². The zero-order valence-electron chi connectivity index (χ0n) is 20.3. The van der Waals surface area contributed by atoms with Gasteiger partial charge in [0.25, 0.3) is 0 Å². The predicted octanol–water partition coefficient (Wildman–Crippen LogP) is 2.78. The van der Waals surface area contributed by atoms with Gasteiger partial charge in [-0.3, -0.25) is 4.90 Å². The van der Waals surface area contributed by atoms with Gasteiger partial charge in [0.1, 0.15) is 0 Å². The third-order valence-corrected chi connectivity index (χ3v) is 9.28. The van der Waals surface area contributed by atoms with Gasteiger partial charge in [-0.2, -0.15) is 5.26 Å². The minimum absolute atomic E-state index is 0.108. The monoisotopic (exact) mass is 449 g/mol. The lowest BCUT2D eigenvalue weighted by Crippen LogP contribution is -2.66. The lowest BCUT2D eigenvalue weighted by atomic mass is 9.61. The van der Waals surface area contributed by atoms with E-state index in [4.69, 9.17) is 24.7 Å². The van der Waals surface area contributed by atoms with Crippen LogP contribution in [0.4, 0.5) is 0 Å². The molecule has 2 saturated carbocycles. The molecule has 2 N–H and O–H groups in total. The lowest BCUT2D eigenvalue weighted by Gasteiger charge is -2.57. The molecule has 2 heterocycles. The van der Waals surface area contributed by atoms with E-state index in [1.54, 1.807) is 21.3 Å². The highest BCUT2D eigenvalue weighted by Crippen LogP contribution is 2.50. The summed E-state index contributed by atoms with van der Waals surface area (Å²) in [5, 5.41) is 10.1. The van der Waals surface area contributed by atoms with Crippen LogP contribution in [-0.4, -0.2) is 76.0 Å². The molecular formula is C25H43N3O4. The molecule has 4 rings (SSSR count). The first-order valence-electron chi connectivity index (χ1n) is 12.7. The van der Waals surface area contributed by atoms with Gasteiger partial charge in [-0.1, -0.05) is 0 Å². The van der Waals surface area contributed by atoms with Crippen molar-refractivity contribution >= 4 is 0 Å². The number of nitrogens with two attached hydrogens (primary N) is 1. The molecule has 0 aromatic heterocycles. The summed E-state index contributed by atoms with van der Waals surface area (Å²) in [6.45, 7) is 3.75. The lowest BCUT2D eigenvalue weighted by molar-refractivity contribution is -0.142. The van der Waals surface area contributed by atoms with Crippen LogP contribution in [0.1, 0.15) is 51.9 Å². The first-order chi connectivity index (χ1) is 15.6. The molecule has 4 aliphatic rings. The molecule has 0 bridgehead atoms. The van der Waals surface area contributed by atoms with Crippen LogP contribution in [0, 0.1) is 40.9 Å². The van der Waals surface area contributed by atoms with Gasteiger partial charge in [0.15, 0.2) is 0 Å². The molecule has 7 nitrogen and oxygen atoms in total. The number of fused-ring (bicyclic) bond motifs is 3. The average Bonchev–Trinajstić information content (AvgIpc) is 2.83. The van der Waals surface area contributed by atoms with E-state index in [0.717, 1.165) is 51.5 Å². The van der Waals surface area contributed by atoms with Crippen molar-refractivity contribution in [1.29, 1.82) is 5.26 Å². The Bertz CT molecular complexity index is 658. The molecule has 7 heteroatoms. The first-order valence-corrected chi connectivity index (χ1v) is 12.7. The van der Waals surface area contributed by atoms with E-state index in [2.05, 4.69) is 11.0 Å². The zero-order chi connectivity index (χ0) is 22.8. The second-order valence-electron chi connectivity index (χ2n) is 10.4. The summed E-state index contributed by atoms with van der Waals surface area (Å²) in [7, 11) is 5.40. The predicted molar refractivity (Wildman–Crippen MR) is 122 cm³/mol. The van der Waals surface area contributed by atoms with Crippen LogP contribution in [0.15, 0.2) is 0 Å². The molecule has 2 aliphatic heterocycles. The average molecular weight is 450 g/mol. The van der Waals surface area contributed by atoms with Gasteiger partial charge >= 0.3 is 0 Å². The van der Waals surface area contributed by atoms with Gasteiger partial charge in [0, 0.05) is 40.5 Å². The molecule has 0 aromatic carbocycles. The highest BCUT2D eigenvalue weighted by molar-refractivity contribution is 5.08. The largest absolute Gasteiger partial charge is 0.379 e. The first kappa shape index (κ1) is 24.4. The van der Waals surface area contributed by atoms with E-state index in [1.807, 2.05) is 6.92 Å². The van der Waals surface area contributed by atoms with E-state index in [9.17, 15) is 5.26 Å². The van der Waals surface area contributed by atoms with Gasteiger partial charge in [0.2, 0.25) is 0 Å². The Morgan fingerprint density at radius 3 is 2.09 bits per heavy atom. The molecule has 2 saturated heterocycles. The highest BCUT2D eigenvalue weighted by Gasteiger charge is 2.53. The summed E-state index contributed by atoms with van der Waals surface area (Å²) in [6.07, 6.45) is 7.76. The number of hydrogen-bond acceptors (Lipinski definition) is 7. The van der Waals surface area contributed by atoms with Crippen molar-refractivity contribution in [3.8, 4) is 6.07 Å². The molecule has 0 amide bonds. The molecule has 11 unspecified atom stereocenters. The van der Waals surface area contributed by atoms with Gasteiger partial charge in [-0.05, 0) is 75.5 Å². The Morgan fingerprint density at radius 1 is 0.844 bits per heavy atom. The summed E-state index contributed by atoms with van der Waals surface area (Å²) in [4.78, 5) is 2.46. The maximum Gasteiger partial charge on any atom is 0.0836 e. The van der Waals surface area contributed by atoms with Crippen molar-refractivity contribution in [1.82, 2.24) is 4.90 Å². The summed E-state index contributed by atoms with van der Waals surface area (Å²) in [6, 6.07) is 3.06. The normalized spacial score (nSPS) is 47.3. The van der Waals surface area contributed by atoms with Crippen LogP contribution in [0.25, 0.3) is 0 Å². The Morgan fingerprint density at radius 2 is 1.47 bits per heavy atom. The number of nitriles is 1. The molecule has 0 radical (unpaired) electrons. The number of hydrogen-bond donors (Lipinski definition) is 1.